The lowest BCUT2D eigenvalue weighted by atomic mass is 9.79. The van der Waals surface area contributed by atoms with Crippen LogP contribution in [0.1, 0.15) is 53.5 Å². The minimum Gasteiger partial charge on any atom is -0.473 e. The van der Waals surface area contributed by atoms with E-state index in [1.54, 1.807) is 18.2 Å². The van der Waals surface area contributed by atoms with E-state index in [0.717, 1.165) is 55.8 Å². The van der Waals surface area contributed by atoms with Crippen LogP contribution in [-0.2, 0) is 33.9 Å². The number of aromatic nitrogens is 2. The van der Waals surface area contributed by atoms with Gasteiger partial charge in [0.2, 0.25) is 5.90 Å². The molecule has 0 radical (unpaired) electrons. The number of benzene rings is 2. The Hall–Kier alpha value is -4.07. The maximum atomic E-state index is 14.3. The van der Waals surface area contributed by atoms with Crippen molar-refractivity contribution in [2.24, 2.45) is 10.4 Å². The van der Waals surface area contributed by atoms with Gasteiger partial charge in [-0.05, 0) is 62.2 Å². The van der Waals surface area contributed by atoms with E-state index >= 15 is 0 Å². The van der Waals surface area contributed by atoms with Gasteiger partial charge in [-0.25, -0.2) is 19.2 Å². The van der Waals surface area contributed by atoms with Crippen molar-refractivity contribution in [3.8, 4) is 6.07 Å². The molecule has 1 unspecified atom stereocenters. The SMILES string of the molecule is COC(=O)c1ccc2nc(CN3CC[C@](C)(C4CC=CC(OCc5ccc(C#N)cc5F)=N4)C3)n(C[C@@H]3CCO3)c2c1. The van der Waals surface area contributed by atoms with Crippen LogP contribution in [0, 0.1) is 22.6 Å². The molecule has 1 aromatic heterocycles. The van der Waals surface area contributed by atoms with Crippen molar-refractivity contribution in [3.63, 3.8) is 0 Å². The van der Waals surface area contributed by atoms with E-state index in [0.29, 0.717) is 30.1 Å². The molecule has 10 heteroatoms. The lowest BCUT2D eigenvalue weighted by Gasteiger charge is -2.33. The fourth-order valence-electron chi connectivity index (χ4n) is 6.02. The highest BCUT2D eigenvalue weighted by Crippen LogP contribution is 2.39. The molecule has 4 heterocycles. The molecule has 0 aliphatic carbocycles. The highest BCUT2D eigenvalue weighted by atomic mass is 19.1. The zero-order chi connectivity index (χ0) is 29.3. The van der Waals surface area contributed by atoms with Crippen LogP contribution in [0.2, 0.25) is 0 Å². The summed E-state index contributed by atoms with van der Waals surface area (Å²) in [6.07, 6.45) is 6.87. The normalized spacial score (nSPS) is 23.8. The van der Waals surface area contributed by atoms with Crippen LogP contribution in [0.25, 0.3) is 11.0 Å². The van der Waals surface area contributed by atoms with Crippen LogP contribution in [0.5, 0.6) is 0 Å². The zero-order valence-corrected chi connectivity index (χ0v) is 23.9. The molecule has 0 saturated carbocycles. The second-order valence-electron chi connectivity index (χ2n) is 11.6. The Morgan fingerprint density at radius 1 is 1.29 bits per heavy atom. The third-order valence-corrected chi connectivity index (χ3v) is 8.64. The largest absolute Gasteiger partial charge is 0.473 e. The summed E-state index contributed by atoms with van der Waals surface area (Å²) < 4.78 is 33.1. The van der Waals surface area contributed by atoms with Gasteiger partial charge < -0.3 is 18.8 Å². The molecule has 0 N–H and O–H groups in total. The van der Waals surface area contributed by atoms with E-state index in [2.05, 4.69) is 22.5 Å². The van der Waals surface area contributed by atoms with E-state index in [-0.39, 0.29) is 35.7 Å². The third kappa shape index (κ3) is 5.67. The van der Waals surface area contributed by atoms with Crippen molar-refractivity contribution >= 4 is 22.9 Å². The van der Waals surface area contributed by atoms with Crippen molar-refractivity contribution in [1.29, 1.82) is 5.26 Å². The monoisotopic (exact) mass is 571 g/mol. The number of likely N-dealkylation sites (tertiary alicyclic amines) is 1. The number of rotatable bonds is 8. The fraction of sp³-hybridized carbons (Fsp3) is 0.438. The van der Waals surface area contributed by atoms with Crippen molar-refractivity contribution in [2.45, 2.75) is 58.0 Å². The smallest absolute Gasteiger partial charge is 0.337 e. The fourth-order valence-corrected chi connectivity index (χ4v) is 6.02. The minimum absolute atomic E-state index is 0.0399. The number of methoxy groups -OCH3 is 1. The van der Waals surface area contributed by atoms with Crippen molar-refractivity contribution < 1.29 is 23.4 Å². The molecular weight excluding hydrogens is 537 g/mol. The topological polar surface area (TPSA) is 102 Å². The Labute approximate surface area is 244 Å². The standard InChI is InChI=1S/C32H34FN5O4/c1-32(28-4-3-5-30(36-28)42-19-23-7-6-21(16-34)14-25(23)33)11-12-37(20-32)18-29-35-26-9-8-22(31(39)40-2)15-27(26)38(29)17-24-10-13-41-24/h3,5-9,14-15,24,28H,4,10-13,17-20H2,1-2H3/t24-,28?,32-/m0/s1. The van der Waals surface area contributed by atoms with Crippen molar-refractivity contribution in [1.82, 2.24) is 14.5 Å². The zero-order valence-electron chi connectivity index (χ0n) is 23.9. The lowest BCUT2D eigenvalue weighted by molar-refractivity contribution is -0.0591. The number of aliphatic imine (C=N–C) groups is 1. The van der Waals surface area contributed by atoms with Gasteiger partial charge in [0.25, 0.3) is 0 Å². The number of hydrogen-bond donors (Lipinski definition) is 0. The molecule has 0 spiro atoms. The lowest BCUT2D eigenvalue weighted by Crippen LogP contribution is -2.36. The third-order valence-electron chi connectivity index (χ3n) is 8.64. The number of dihydropyridines is 1. The van der Waals surface area contributed by atoms with Crippen LogP contribution in [-0.4, -0.2) is 65.3 Å². The molecule has 3 atom stereocenters. The maximum Gasteiger partial charge on any atom is 0.337 e. The van der Waals surface area contributed by atoms with Crippen LogP contribution in [0.15, 0.2) is 53.5 Å². The molecule has 218 valence electrons. The second-order valence-corrected chi connectivity index (χ2v) is 11.6. The summed E-state index contributed by atoms with van der Waals surface area (Å²) in [5, 5.41) is 8.97. The molecule has 2 saturated heterocycles. The first-order valence-electron chi connectivity index (χ1n) is 14.3. The van der Waals surface area contributed by atoms with E-state index in [4.69, 9.17) is 29.4 Å². The van der Waals surface area contributed by atoms with E-state index in [9.17, 15) is 9.18 Å². The number of carbonyl (C=O) groups excluding carboxylic acids is 1. The van der Waals surface area contributed by atoms with Gasteiger partial charge in [-0.2, -0.15) is 5.26 Å². The Kier molecular flexibility index (Phi) is 7.80. The Morgan fingerprint density at radius 3 is 2.88 bits per heavy atom. The summed E-state index contributed by atoms with van der Waals surface area (Å²) in [7, 11) is 1.39. The number of imidazole rings is 1. The average Bonchev–Trinajstić information content (AvgIpc) is 3.53. The number of nitriles is 1. The number of ether oxygens (including phenoxy) is 3. The molecule has 2 aromatic carbocycles. The first-order valence-corrected chi connectivity index (χ1v) is 14.3. The van der Waals surface area contributed by atoms with Gasteiger partial charge >= 0.3 is 5.97 Å². The van der Waals surface area contributed by atoms with Crippen LogP contribution in [0.3, 0.4) is 0 Å². The molecule has 0 bridgehead atoms. The quantitative estimate of drug-likeness (QED) is 0.359. The van der Waals surface area contributed by atoms with Crippen molar-refractivity contribution in [2.75, 3.05) is 26.8 Å². The molecule has 42 heavy (non-hydrogen) atoms. The predicted octanol–water partition coefficient (Wildman–Crippen LogP) is 4.78. The van der Waals surface area contributed by atoms with Crippen LogP contribution in [0.4, 0.5) is 4.39 Å². The first-order chi connectivity index (χ1) is 20.3. The van der Waals surface area contributed by atoms with Crippen LogP contribution < -0.4 is 0 Å². The summed E-state index contributed by atoms with van der Waals surface area (Å²) in [5.41, 5.74) is 2.87. The Bertz CT molecular complexity index is 1600. The number of nitrogens with zero attached hydrogens (tertiary/aromatic N) is 5. The molecular formula is C32H34FN5O4. The molecule has 3 aromatic rings. The Morgan fingerprint density at radius 2 is 2.14 bits per heavy atom. The number of esters is 1. The summed E-state index contributed by atoms with van der Waals surface area (Å²) >= 11 is 0. The van der Waals surface area contributed by atoms with Gasteiger partial charge in [0.05, 0.1) is 60.6 Å². The van der Waals surface area contributed by atoms with Gasteiger partial charge in [0.15, 0.2) is 0 Å². The number of hydrogen-bond acceptors (Lipinski definition) is 8. The van der Waals surface area contributed by atoms with Gasteiger partial charge in [-0.1, -0.05) is 19.1 Å². The van der Waals surface area contributed by atoms with E-state index in [1.807, 2.05) is 24.3 Å². The van der Waals surface area contributed by atoms with Crippen molar-refractivity contribution in [3.05, 3.63) is 76.9 Å². The molecule has 9 nitrogen and oxygen atoms in total. The summed E-state index contributed by atoms with van der Waals surface area (Å²) in [4.78, 5) is 24.5. The van der Waals surface area contributed by atoms with Gasteiger partial charge in [0.1, 0.15) is 18.2 Å². The summed E-state index contributed by atoms with van der Waals surface area (Å²) in [6, 6.07) is 11.9. The minimum atomic E-state index is -0.458. The van der Waals surface area contributed by atoms with Gasteiger partial charge in [0, 0.05) is 24.1 Å². The van der Waals surface area contributed by atoms with Crippen LogP contribution >= 0.6 is 0 Å². The maximum absolute atomic E-state index is 14.3. The molecule has 3 aliphatic rings. The number of carbonyl (C=O) groups is 1. The molecule has 2 fully saturated rings. The van der Waals surface area contributed by atoms with E-state index in [1.165, 1.54) is 13.2 Å². The first kappa shape index (κ1) is 28.1. The number of fused-ring (bicyclic) bond motifs is 1. The van der Waals surface area contributed by atoms with Gasteiger partial charge in [-0.3, -0.25) is 4.90 Å². The van der Waals surface area contributed by atoms with Gasteiger partial charge in [-0.15, -0.1) is 0 Å². The predicted molar refractivity (Wildman–Crippen MR) is 154 cm³/mol. The molecule has 6 rings (SSSR count). The van der Waals surface area contributed by atoms with E-state index < -0.39 is 5.82 Å². The molecule has 3 aliphatic heterocycles. The molecule has 0 amide bonds. The Balaban J connectivity index is 1.15. The summed E-state index contributed by atoms with van der Waals surface area (Å²) in [5.74, 6) is 0.625. The summed E-state index contributed by atoms with van der Waals surface area (Å²) in [6.45, 7) is 6.23. The highest BCUT2D eigenvalue weighted by Gasteiger charge is 2.41. The second kappa shape index (κ2) is 11.7. The highest BCUT2D eigenvalue weighted by molar-refractivity contribution is 5.93. The number of halogens is 1. The average molecular weight is 572 g/mol.